The van der Waals surface area contributed by atoms with Crippen molar-refractivity contribution in [1.82, 2.24) is 0 Å². The molecule has 0 aromatic carbocycles. The molecule has 0 amide bonds. The maximum atomic E-state index is 11.7. The van der Waals surface area contributed by atoms with Gasteiger partial charge in [-0.1, -0.05) is 251 Å². The van der Waals surface area contributed by atoms with Crippen LogP contribution in [0.3, 0.4) is 0 Å². The second-order valence-electron chi connectivity index (χ2n) is 20.7. The van der Waals surface area contributed by atoms with Crippen LogP contribution in [0, 0.1) is 0 Å². The van der Waals surface area contributed by atoms with Crippen LogP contribution in [0.2, 0.25) is 0 Å². The molecule has 0 aromatic rings. The van der Waals surface area contributed by atoms with Gasteiger partial charge in [-0.05, 0) is 43.8 Å². The number of hydrogen-bond acceptors (Lipinski definition) is 24. The summed E-state index contributed by atoms with van der Waals surface area (Å²) in [5, 5.41) is -6.62. The zero-order valence-electron chi connectivity index (χ0n) is 50.6. The van der Waals surface area contributed by atoms with Crippen molar-refractivity contribution in [3.8, 4) is 0 Å². The van der Waals surface area contributed by atoms with Gasteiger partial charge in [0.1, 0.15) is 0 Å². The summed E-state index contributed by atoms with van der Waals surface area (Å²) >= 11 is 0. The van der Waals surface area contributed by atoms with Crippen LogP contribution >= 0.6 is 0 Å². The van der Waals surface area contributed by atoms with E-state index in [9.17, 15) is 104 Å². The number of unbranched alkanes of at least 4 members (excludes halogenated alkanes) is 28. The molecule has 4 unspecified atom stereocenters. The van der Waals surface area contributed by atoms with Crippen LogP contribution in [0.25, 0.3) is 0 Å². The first-order valence-corrected chi connectivity index (χ1v) is 41.0. The van der Waals surface area contributed by atoms with Gasteiger partial charge in [-0.3, -0.25) is 0 Å². The molecule has 0 bridgehead atoms. The van der Waals surface area contributed by atoms with Crippen LogP contribution in [0.4, 0.5) is 18.1 Å². The Bertz CT molecular complexity index is 2210. The van der Waals surface area contributed by atoms with Crippen LogP contribution in [-0.4, -0.2) is 205 Å². The topological polar surface area (TPSA) is 402 Å². The second kappa shape index (κ2) is 56.8. The Morgan fingerprint density at radius 2 is 0.360 bits per heavy atom. The van der Waals surface area contributed by atoms with Crippen molar-refractivity contribution in [3.63, 3.8) is 0 Å². The van der Waals surface area contributed by atoms with Crippen LogP contribution in [0.5, 0.6) is 0 Å². The minimum Gasteiger partial charge on any atom is -0.748 e. The smallest absolute Gasteiger partial charge is 0.748 e. The average molecular weight is 1470 g/mol. The van der Waals surface area contributed by atoms with Gasteiger partial charge < -0.3 is 18.2 Å². The van der Waals surface area contributed by atoms with Crippen molar-refractivity contribution in [3.05, 3.63) is 0 Å². The number of hydrogen-bond donors (Lipinski definition) is 0. The molecule has 0 radical (unpaired) electrons. The van der Waals surface area contributed by atoms with Gasteiger partial charge >= 0.3 is 75.5 Å². The van der Waals surface area contributed by atoms with Crippen molar-refractivity contribution < 1.29 is 121 Å². The van der Waals surface area contributed by atoms with Gasteiger partial charge in [0, 0.05) is 0 Å². The Balaban J connectivity index is -0.000000246. The summed E-state index contributed by atoms with van der Waals surface area (Å²) in [6.07, 6.45) is 30.4. The average Bonchev–Trinajstić information content (AvgIpc) is 3.54. The molecular weight excluding hydrogens is 1370 g/mol. The standard InChI is InChI=1S/4C12H25FO6S2.2Ca/c4*1-2-3-4-5-6-7-8-9-10-12(21(16,17)18)11-20(14,15)19-13;;/h4*12H,2-11H2,1H3,(H,16,17,18);;/q;;;;2*+2/p-4. The van der Waals surface area contributed by atoms with E-state index < -0.39 is 125 Å². The molecule has 86 heavy (non-hydrogen) atoms. The van der Waals surface area contributed by atoms with Gasteiger partial charge in [0.05, 0.1) is 84.5 Å². The Hall–Kier alpha value is 1.52. The van der Waals surface area contributed by atoms with Crippen LogP contribution in [0.1, 0.15) is 259 Å². The Labute approximate surface area is 574 Å². The normalized spacial score (nSPS) is 13.9. The van der Waals surface area contributed by atoms with Crippen LogP contribution < -0.4 is 0 Å². The zero-order chi connectivity index (χ0) is 65.4. The predicted octanol–water partition coefficient (Wildman–Crippen LogP) is 9.89. The van der Waals surface area contributed by atoms with E-state index in [4.69, 9.17) is 0 Å². The molecule has 512 valence electrons. The van der Waals surface area contributed by atoms with Gasteiger partial charge in [0.25, 0.3) is 40.5 Å². The van der Waals surface area contributed by atoms with Crippen molar-refractivity contribution in [2.24, 2.45) is 0 Å². The van der Waals surface area contributed by atoms with E-state index >= 15 is 0 Å². The Kier molecular flexibility index (Phi) is 65.1. The molecule has 0 aromatic heterocycles. The van der Waals surface area contributed by atoms with E-state index in [0.717, 1.165) is 103 Å². The minimum atomic E-state index is -4.79. The first kappa shape index (κ1) is 98.6. The summed E-state index contributed by atoms with van der Waals surface area (Å²) in [7, 11) is -37.6. The second-order valence-corrected chi connectivity index (χ2v) is 33.6. The van der Waals surface area contributed by atoms with E-state index in [2.05, 4.69) is 45.2 Å². The maximum absolute atomic E-state index is 11.7. The molecule has 0 spiro atoms. The van der Waals surface area contributed by atoms with Crippen LogP contribution in [-0.2, 0) is 98.5 Å². The Morgan fingerprint density at radius 1 is 0.244 bits per heavy atom. The molecule has 24 nitrogen and oxygen atoms in total. The van der Waals surface area contributed by atoms with Gasteiger partial charge in [-0.25, -0.2) is 33.7 Å². The first-order valence-electron chi connectivity index (χ1n) is 28.8. The number of halogens is 4. The molecule has 0 aliphatic heterocycles. The molecular formula is C48H96Ca2F4O24S8. The van der Waals surface area contributed by atoms with E-state index in [-0.39, 0.29) is 101 Å². The molecule has 38 heteroatoms. The summed E-state index contributed by atoms with van der Waals surface area (Å²) in [6.45, 7) is 8.49. The van der Waals surface area contributed by atoms with Crippen molar-refractivity contribution >= 4 is 156 Å². The van der Waals surface area contributed by atoms with E-state index in [1.807, 2.05) is 0 Å². The molecule has 0 heterocycles. The monoisotopic (exact) mass is 1470 g/mol. The quantitative estimate of drug-likeness (QED) is 0.0236. The van der Waals surface area contributed by atoms with Crippen LogP contribution in [0.15, 0.2) is 0 Å². The first-order chi connectivity index (χ1) is 38.9. The summed E-state index contributed by atoms with van der Waals surface area (Å²) in [6, 6.07) is 0. The van der Waals surface area contributed by atoms with E-state index in [0.29, 0.717) is 51.4 Å². The predicted molar refractivity (Wildman–Crippen MR) is 318 cm³/mol. The Morgan fingerprint density at radius 3 is 0.465 bits per heavy atom. The van der Waals surface area contributed by atoms with Gasteiger partial charge in [0.15, 0.2) is 0 Å². The zero-order valence-corrected chi connectivity index (χ0v) is 61.5. The third-order valence-corrected chi connectivity index (χ3v) is 22.8. The largest absolute Gasteiger partial charge is 2.00 e. The van der Waals surface area contributed by atoms with E-state index in [1.54, 1.807) is 0 Å². The fourth-order valence-electron chi connectivity index (χ4n) is 8.28. The summed E-state index contributed by atoms with van der Waals surface area (Å²) in [5.41, 5.74) is 0. The van der Waals surface area contributed by atoms with E-state index in [1.165, 1.54) is 51.4 Å². The van der Waals surface area contributed by atoms with Gasteiger partial charge in [-0.2, -0.15) is 33.7 Å². The summed E-state index contributed by atoms with van der Waals surface area (Å²) < 4.78 is 276. The third kappa shape index (κ3) is 64.2. The maximum Gasteiger partial charge on any atom is 2.00 e. The molecule has 0 fully saturated rings. The molecule has 0 aliphatic rings. The molecule has 4 atom stereocenters. The van der Waals surface area contributed by atoms with Crippen molar-refractivity contribution in [2.45, 2.75) is 280 Å². The molecule has 0 saturated carbocycles. The van der Waals surface area contributed by atoms with Gasteiger partial charge in [-0.15, -0.1) is 0 Å². The fourth-order valence-corrected chi connectivity index (χ4v) is 17.5. The van der Waals surface area contributed by atoms with Gasteiger partial charge in [0.2, 0.25) is 0 Å². The fraction of sp³-hybridized carbons (Fsp3) is 1.00. The SMILES string of the molecule is CCCCCCCCCCC(CS(=O)(=O)OF)S(=O)(=O)[O-].CCCCCCCCCCC(CS(=O)(=O)OF)S(=O)(=O)[O-].CCCCCCCCCCC(CS(=O)(=O)OF)S(=O)(=O)[O-].CCCCCCCCCCC(CS(=O)(=O)OF)S(=O)(=O)[O-].[Ca+2].[Ca+2]. The number of rotatable bonds is 52. The summed E-state index contributed by atoms with van der Waals surface area (Å²) in [5.74, 6) is -4.53. The van der Waals surface area contributed by atoms with Crippen molar-refractivity contribution in [1.29, 1.82) is 0 Å². The van der Waals surface area contributed by atoms with Crippen molar-refractivity contribution in [2.75, 3.05) is 23.0 Å². The molecule has 0 aliphatic carbocycles. The molecule has 0 N–H and O–H groups in total. The molecule has 0 saturated heterocycles. The summed E-state index contributed by atoms with van der Waals surface area (Å²) in [4.78, 5) is 0. The minimum absolute atomic E-state index is 0. The third-order valence-electron chi connectivity index (χ3n) is 13.1. The molecule has 0 rings (SSSR count).